The molecule has 1 amide bonds. The molecule has 0 fully saturated rings. The number of rotatable bonds is 10. The number of halogens is 1. The van der Waals surface area contributed by atoms with E-state index in [9.17, 15) is 4.79 Å². The molecule has 1 unspecified atom stereocenters. The van der Waals surface area contributed by atoms with Crippen molar-refractivity contribution in [2.45, 2.75) is 39.3 Å². The third-order valence-corrected chi connectivity index (χ3v) is 4.27. The number of nitrogens with one attached hydrogen (secondary N) is 3. The fraction of sp³-hybridized carbons (Fsp3) is 0.636. The third-order valence-electron chi connectivity index (χ3n) is 4.27. The molecule has 1 aromatic carbocycles. The van der Waals surface area contributed by atoms with Gasteiger partial charge in [0.2, 0.25) is 0 Å². The van der Waals surface area contributed by atoms with Crippen molar-refractivity contribution >= 4 is 36.0 Å². The molecule has 0 spiro atoms. The second-order valence-electron chi connectivity index (χ2n) is 8.17. The maximum Gasteiger partial charge on any atom is 0.407 e. The molecule has 1 aromatic rings. The van der Waals surface area contributed by atoms with Crippen molar-refractivity contribution < 1.29 is 19.0 Å². The fourth-order valence-electron chi connectivity index (χ4n) is 2.81. The van der Waals surface area contributed by atoms with Gasteiger partial charge >= 0.3 is 6.09 Å². The lowest BCUT2D eigenvalue weighted by molar-refractivity contribution is 0.0529. The molecule has 1 rings (SSSR count). The Morgan fingerprint density at radius 2 is 1.69 bits per heavy atom. The van der Waals surface area contributed by atoms with Gasteiger partial charge in [-0.15, -0.1) is 24.0 Å². The summed E-state index contributed by atoms with van der Waals surface area (Å²) in [6, 6.07) is 5.95. The minimum absolute atomic E-state index is 0. The van der Waals surface area contributed by atoms with Gasteiger partial charge in [0.05, 0.1) is 26.8 Å². The molecule has 0 aliphatic heterocycles. The summed E-state index contributed by atoms with van der Waals surface area (Å²) in [6.45, 7) is 9.72. The van der Waals surface area contributed by atoms with Gasteiger partial charge in [0, 0.05) is 19.6 Å². The second-order valence-corrected chi connectivity index (χ2v) is 8.17. The van der Waals surface area contributed by atoms with Crippen LogP contribution in [0.5, 0.6) is 11.5 Å². The first-order chi connectivity index (χ1) is 14.6. The molecule has 0 aliphatic carbocycles. The predicted molar refractivity (Wildman–Crippen MR) is 140 cm³/mol. The quantitative estimate of drug-likeness (QED) is 0.174. The van der Waals surface area contributed by atoms with Crippen molar-refractivity contribution in [2.24, 2.45) is 4.99 Å². The Kier molecular flexibility index (Phi) is 14.1. The van der Waals surface area contributed by atoms with E-state index < -0.39 is 11.7 Å². The largest absolute Gasteiger partial charge is 0.493 e. The normalized spacial score (nSPS) is 12.5. The van der Waals surface area contributed by atoms with E-state index >= 15 is 0 Å². The minimum atomic E-state index is -0.515. The number of guanidine groups is 1. The molecule has 10 heteroatoms. The summed E-state index contributed by atoms with van der Waals surface area (Å²) >= 11 is 0. The molecule has 0 radical (unpaired) electrons. The summed E-state index contributed by atoms with van der Waals surface area (Å²) in [5.41, 5.74) is 0.563. The highest BCUT2D eigenvalue weighted by Gasteiger charge is 2.17. The summed E-state index contributed by atoms with van der Waals surface area (Å²) in [6.07, 6.45) is -0.433. The van der Waals surface area contributed by atoms with Crippen LogP contribution in [0.1, 0.15) is 39.3 Å². The first-order valence-corrected chi connectivity index (χ1v) is 10.5. The lowest BCUT2D eigenvalue weighted by Gasteiger charge is -2.24. The molecule has 9 nitrogen and oxygen atoms in total. The molecule has 32 heavy (non-hydrogen) atoms. The van der Waals surface area contributed by atoms with Crippen LogP contribution in [0, 0.1) is 0 Å². The zero-order valence-corrected chi connectivity index (χ0v) is 22.9. The van der Waals surface area contributed by atoms with E-state index in [0.29, 0.717) is 37.1 Å². The molecule has 184 valence electrons. The van der Waals surface area contributed by atoms with E-state index in [1.54, 1.807) is 14.2 Å². The van der Waals surface area contributed by atoms with Gasteiger partial charge in [0.15, 0.2) is 17.5 Å². The van der Waals surface area contributed by atoms with Gasteiger partial charge in [0.1, 0.15) is 5.60 Å². The maximum absolute atomic E-state index is 11.7. The van der Waals surface area contributed by atoms with Gasteiger partial charge < -0.3 is 35.1 Å². The number of methoxy groups -OCH3 is 2. The third kappa shape index (κ3) is 11.1. The van der Waals surface area contributed by atoms with Crippen molar-refractivity contribution in [3.63, 3.8) is 0 Å². The van der Waals surface area contributed by atoms with Crippen molar-refractivity contribution in [2.75, 3.05) is 54.5 Å². The number of benzene rings is 1. The first kappa shape index (κ1) is 30.0. The molecule has 0 aliphatic rings. The van der Waals surface area contributed by atoms with Gasteiger partial charge in [-0.05, 0) is 59.5 Å². The van der Waals surface area contributed by atoms with Crippen molar-refractivity contribution in [3.8, 4) is 11.5 Å². The average molecular weight is 565 g/mol. The van der Waals surface area contributed by atoms with Crippen molar-refractivity contribution in [1.82, 2.24) is 20.9 Å². The van der Waals surface area contributed by atoms with E-state index in [1.807, 2.05) is 60.0 Å². The molecular formula is C22H40IN5O4. The van der Waals surface area contributed by atoms with Gasteiger partial charge in [0.25, 0.3) is 0 Å². The van der Waals surface area contributed by atoms with Gasteiger partial charge in [-0.3, -0.25) is 4.99 Å². The molecular weight excluding hydrogens is 525 g/mol. The molecule has 0 aromatic heterocycles. The highest BCUT2D eigenvalue weighted by molar-refractivity contribution is 14.0. The second kappa shape index (κ2) is 15.0. The van der Waals surface area contributed by atoms with Crippen molar-refractivity contribution in [1.29, 1.82) is 0 Å². The lowest BCUT2D eigenvalue weighted by atomic mass is 10.1. The molecule has 3 N–H and O–H groups in total. The maximum atomic E-state index is 11.7. The first-order valence-electron chi connectivity index (χ1n) is 10.5. The van der Waals surface area contributed by atoms with Crippen LogP contribution in [0.25, 0.3) is 0 Å². The van der Waals surface area contributed by atoms with Gasteiger partial charge in [-0.2, -0.15) is 0 Å². The van der Waals surface area contributed by atoms with Crippen LogP contribution in [0.4, 0.5) is 4.79 Å². The van der Waals surface area contributed by atoms with Gasteiger partial charge in [-0.25, -0.2) is 4.79 Å². The Balaban J connectivity index is 0.00000961. The fourth-order valence-corrected chi connectivity index (χ4v) is 2.81. The smallest absolute Gasteiger partial charge is 0.407 e. The Hall–Kier alpha value is -1.95. The van der Waals surface area contributed by atoms with Crippen LogP contribution in [0.15, 0.2) is 23.2 Å². The summed E-state index contributed by atoms with van der Waals surface area (Å²) in [5, 5.41) is 9.19. The van der Waals surface area contributed by atoms with Crippen LogP contribution in [-0.2, 0) is 4.74 Å². The zero-order chi connectivity index (χ0) is 23.4. The Bertz CT molecular complexity index is 723. The van der Waals surface area contributed by atoms with Crippen molar-refractivity contribution in [3.05, 3.63) is 23.8 Å². The Labute approximate surface area is 209 Å². The minimum Gasteiger partial charge on any atom is -0.493 e. The molecule has 1 atom stereocenters. The number of aliphatic imine (C=N–C) groups is 1. The summed E-state index contributed by atoms with van der Waals surface area (Å²) in [5.74, 6) is 2.06. The standard InChI is InChI=1S/C22H39N5O4.HI/c1-9-23-20(24-12-13-25-21(28)31-22(2,3)4)26-15-17(27(5)6)16-10-11-18(29-7)19(14-16)30-8;/h10-11,14,17H,9,12-13,15H2,1-8H3,(H,25,28)(H2,23,24,26);1H. The topological polar surface area (TPSA) is 96.5 Å². The highest BCUT2D eigenvalue weighted by atomic mass is 127. The van der Waals surface area contributed by atoms with Crippen LogP contribution < -0.4 is 25.4 Å². The molecule has 0 bridgehead atoms. The Morgan fingerprint density at radius 1 is 1.06 bits per heavy atom. The number of ether oxygens (including phenoxy) is 3. The number of hydrogen-bond donors (Lipinski definition) is 3. The summed E-state index contributed by atoms with van der Waals surface area (Å²) in [4.78, 5) is 18.6. The van der Waals surface area contributed by atoms with E-state index in [0.717, 1.165) is 12.1 Å². The Morgan fingerprint density at radius 3 is 2.22 bits per heavy atom. The number of carbonyl (C=O) groups excluding carboxylic acids is 1. The van der Waals surface area contributed by atoms with E-state index in [4.69, 9.17) is 19.2 Å². The van der Waals surface area contributed by atoms with Crippen LogP contribution >= 0.6 is 24.0 Å². The van der Waals surface area contributed by atoms with E-state index in [2.05, 4.69) is 20.9 Å². The number of amides is 1. The lowest BCUT2D eigenvalue weighted by Crippen LogP contribution is -2.42. The average Bonchev–Trinajstić information content (AvgIpc) is 2.69. The molecule has 0 saturated heterocycles. The van der Waals surface area contributed by atoms with Crippen LogP contribution in [-0.4, -0.2) is 77.0 Å². The van der Waals surface area contributed by atoms with Crippen LogP contribution in [0.2, 0.25) is 0 Å². The number of nitrogens with zero attached hydrogens (tertiary/aromatic N) is 2. The summed E-state index contributed by atoms with van der Waals surface area (Å²) in [7, 11) is 7.28. The van der Waals surface area contributed by atoms with E-state index in [1.165, 1.54) is 0 Å². The van der Waals surface area contributed by atoms with Crippen LogP contribution in [0.3, 0.4) is 0 Å². The van der Waals surface area contributed by atoms with Gasteiger partial charge in [-0.1, -0.05) is 6.07 Å². The highest BCUT2D eigenvalue weighted by Crippen LogP contribution is 2.31. The molecule has 0 saturated carbocycles. The monoisotopic (exact) mass is 565 g/mol. The number of alkyl carbamates (subject to hydrolysis) is 1. The summed E-state index contributed by atoms with van der Waals surface area (Å²) < 4.78 is 16.0. The predicted octanol–water partition coefficient (Wildman–Crippen LogP) is 3.00. The number of carbonyl (C=O) groups is 1. The zero-order valence-electron chi connectivity index (χ0n) is 20.6. The van der Waals surface area contributed by atoms with E-state index in [-0.39, 0.29) is 30.0 Å². The number of hydrogen-bond acceptors (Lipinski definition) is 6. The molecule has 0 heterocycles. The SMILES string of the molecule is CCNC(=NCC(c1ccc(OC)c(OC)c1)N(C)C)NCCNC(=O)OC(C)(C)C.I. The number of likely N-dealkylation sites (N-methyl/N-ethyl adjacent to an activating group) is 1.